The Hall–Kier alpha value is -8.84. The van der Waals surface area contributed by atoms with E-state index in [1.807, 2.05) is 0 Å². The molecule has 1 aliphatic rings. The lowest BCUT2D eigenvalue weighted by Gasteiger charge is -2.31. The normalized spacial score (nSPS) is 22.4. The summed E-state index contributed by atoms with van der Waals surface area (Å²) in [4.78, 5) is 175. The molecule has 1 aliphatic heterocycles. The van der Waals surface area contributed by atoms with Crippen molar-refractivity contribution in [1.82, 2.24) is 53.2 Å². The number of carbonyl (C=O) groups is 12. The highest BCUT2D eigenvalue weighted by molar-refractivity contribution is 6.13. The van der Waals surface area contributed by atoms with E-state index in [0.29, 0.717) is 34.8 Å². The second kappa shape index (κ2) is 36.9. The fourth-order valence-corrected chi connectivity index (χ4v) is 10.5. The zero-order chi connectivity index (χ0) is 67.6. The zero-order valence-corrected chi connectivity index (χ0v) is 53.6. The molecule has 504 valence electrons. The molecule has 8 amide bonds. The van der Waals surface area contributed by atoms with E-state index >= 15 is 0 Å². The van der Waals surface area contributed by atoms with E-state index in [-0.39, 0.29) is 74.8 Å². The summed E-state index contributed by atoms with van der Waals surface area (Å²) >= 11 is 0. The number of benzene rings is 4. The summed E-state index contributed by atoms with van der Waals surface area (Å²) in [6.45, 7) is 13.8. The van der Waals surface area contributed by atoms with Crippen LogP contribution in [0.15, 0.2) is 121 Å². The van der Waals surface area contributed by atoms with Crippen LogP contribution in [0, 0.1) is 23.7 Å². The Labute approximate surface area is 544 Å². The summed E-state index contributed by atoms with van der Waals surface area (Å²) in [6.07, 6.45) is -3.43. The van der Waals surface area contributed by atoms with Crippen LogP contribution < -0.4 is 64.6 Å². The summed E-state index contributed by atoms with van der Waals surface area (Å²) in [7, 11) is 0. The van der Waals surface area contributed by atoms with Gasteiger partial charge < -0.3 is 63.6 Å². The van der Waals surface area contributed by atoms with E-state index in [1.165, 1.54) is 0 Å². The number of carbonyl (C=O) groups excluding carboxylic acids is 12. The highest BCUT2D eigenvalue weighted by Gasteiger charge is 2.42. The van der Waals surface area contributed by atoms with E-state index < -0.39 is 137 Å². The van der Waals surface area contributed by atoms with Gasteiger partial charge in [0.1, 0.15) is 36.7 Å². The largest absolute Gasteiger partial charge is 0.342 e. The third-order valence-electron chi connectivity index (χ3n) is 15.1. The molecule has 0 saturated carbocycles. The second-order valence-electron chi connectivity index (χ2n) is 25.1. The van der Waals surface area contributed by atoms with Crippen molar-refractivity contribution in [3.05, 3.63) is 144 Å². The summed E-state index contributed by atoms with van der Waals surface area (Å²) in [5, 5.41) is 26.4. The predicted octanol–water partition coefficient (Wildman–Crippen LogP) is 2.04. The molecule has 14 N–H and O–H groups in total. The fourth-order valence-electron chi connectivity index (χ4n) is 10.5. The Morgan fingerprint density at radius 1 is 0.370 bits per heavy atom. The summed E-state index contributed by atoms with van der Waals surface area (Å²) < 4.78 is 0. The van der Waals surface area contributed by atoms with Crippen LogP contribution in [0.4, 0.5) is 0 Å². The number of amides is 8. The first-order valence-electron chi connectivity index (χ1n) is 31.3. The van der Waals surface area contributed by atoms with Gasteiger partial charge in [0.15, 0.2) is 36.0 Å². The Balaban J connectivity index is 0.0000115. The van der Waals surface area contributed by atoms with Crippen LogP contribution >= 0.6 is 0 Å². The van der Waals surface area contributed by atoms with Crippen molar-refractivity contribution in [1.29, 1.82) is 0 Å². The number of hydrogen-bond acceptors (Lipinski definition) is 16. The first kappa shape index (κ1) is 73.9. The molecule has 0 radical (unpaired) electrons. The molecule has 1 saturated heterocycles. The molecule has 1 fully saturated rings. The maximum atomic E-state index is 15.0. The molecular formula is C68H100N12O12. The topological polar surface area (TPSA) is 377 Å². The van der Waals surface area contributed by atoms with Gasteiger partial charge in [0.25, 0.3) is 23.6 Å². The van der Waals surface area contributed by atoms with Crippen LogP contribution in [-0.4, -0.2) is 144 Å². The monoisotopic (exact) mass is 1280 g/mol. The number of rotatable bonds is 26. The van der Waals surface area contributed by atoms with Crippen molar-refractivity contribution in [2.75, 3.05) is 0 Å². The third-order valence-corrected chi connectivity index (χ3v) is 15.1. The van der Waals surface area contributed by atoms with Gasteiger partial charge in [-0.2, -0.15) is 0 Å². The van der Waals surface area contributed by atoms with Gasteiger partial charge in [0, 0.05) is 5.71 Å². The summed E-state index contributed by atoms with van der Waals surface area (Å²) in [6, 6.07) is 18.7. The number of nitrogens with two attached hydrogens (primary N) is 2. The quantitative estimate of drug-likeness (QED) is 0.0316. The Bertz CT molecular complexity index is 3020. The van der Waals surface area contributed by atoms with Gasteiger partial charge in [-0.15, -0.1) is 0 Å². The van der Waals surface area contributed by atoms with Gasteiger partial charge in [-0.25, -0.2) is 0 Å². The van der Waals surface area contributed by atoms with Crippen LogP contribution in [0.1, 0.15) is 109 Å². The number of Topliss-reactive ketones (excluding diaryl/α,β-unsaturated/α-hetero) is 2. The van der Waals surface area contributed by atoms with Gasteiger partial charge in [-0.05, 0) is 97.3 Å². The molecule has 4 aromatic carbocycles. The maximum Gasteiger partial charge on any atom is 0.258 e. The standard InChI is InChI=1S/C68H92N12O12.4H2/c1-39(2)29-51-61(85)77-56(58(84)50(70)36-46-27-19-12-20-28-46)66(90)74-53(31-41(5)6)63(87)79-60(72-48(38-82)34-44-23-15-10-16-24-44)68(92)76-54(32-42(7)8)64(88)80-59(71-47(37-81)33-43-21-13-9-14-22-43)67(91)75-52(30-40(3)4)62(86)78-55(65(89)73-51)57(83)49(69)35-45-25-17-11-18-26-45;;;;/h9-28,37-42,47-56,59-60,71-72H,29-36,69-70H2,1-8H3,(H,73,89)(H,74,90)(H,75,91)(H,76,92)(H,77,85)(H,78,86)(H,79,87)(H,80,88);4*1H/t47-,48-,49+,50+,51?,52?,53?,54?,55?,56?,59?,60?;;;;/m1..../s1/i;4*1+1. The van der Waals surface area contributed by atoms with Crippen molar-refractivity contribution >= 4 is 71.4 Å². The number of ketones is 2. The first-order chi connectivity index (χ1) is 43.7. The van der Waals surface area contributed by atoms with Crippen LogP contribution in [0.25, 0.3) is 0 Å². The van der Waals surface area contributed by atoms with E-state index in [9.17, 15) is 57.5 Å². The Morgan fingerprint density at radius 2 is 0.609 bits per heavy atom. The van der Waals surface area contributed by atoms with Crippen molar-refractivity contribution in [3.63, 3.8) is 0 Å². The van der Waals surface area contributed by atoms with Gasteiger partial charge in [-0.1, -0.05) is 177 Å². The van der Waals surface area contributed by atoms with Crippen LogP contribution in [0.2, 0.25) is 0 Å². The molecule has 24 nitrogen and oxygen atoms in total. The lowest BCUT2D eigenvalue weighted by molar-refractivity contribution is -0.141. The number of nitrogens with one attached hydrogen (secondary N) is 10. The van der Waals surface area contributed by atoms with Crippen molar-refractivity contribution in [3.8, 4) is 0 Å². The minimum Gasteiger partial charge on any atom is -0.342 e. The SMILES string of the molecule is CC(C)CC1NC(=O)C(N[C@@H](C=O)Cc2ccccc2)NC(=O)C(CC(C)C)NC(=O)C(C(=O)[C@@H](N)Cc2ccccc2)NC(=O)C(CC(C)C)NC(=O)C(C(=O)[C@@H](N)Cc2ccccc2)NC(=O)C(CC(C)C)NC(=O)C(N[C@@H](C=O)Cc2ccccc2)NC1=O.[2HH].[2HH].[2HH].[2HH]. The minimum absolute atomic E-state index is 0. The lowest BCUT2D eigenvalue weighted by atomic mass is 9.95. The van der Waals surface area contributed by atoms with Gasteiger partial charge in [-0.3, -0.25) is 58.6 Å². The molecule has 8 unspecified atom stereocenters. The second-order valence-corrected chi connectivity index (χ2v) is 25.1. The smallest absolute Gasteiger partial charge is 0.258 e. The Kier molecular flexibility index (Phi) is 29.6. The molecule has 4 aromatic rings. The molecule has 1 heterocycles. The molecular weight excluding hydrogens is 1180 g/mol. The average molecular weight is 1280 g/mol. The van der Waals surface area contributed by atoms with E-state index in [1.54, 1.807) is 177 Å². The average Bonchev–Trinajstić information content (AvgIpc) is 0.850. The van der Waals surface area contributed by atoms with Crippen molar-refractivity contribution < 1.29 is 63.2 Å². The molecule has 0 aliphatic carbocycles. The van der Waals surface area contributed by atoms with Gasteiger partial charge in [0.2, 0.25) is 23.6 Å². The van der Waals surface area contributed by atoms with E-state index in [2.05, 4.69) is 53.2 Å². The molecule has 0 spiro atoms. The molecule has 92 heavy (non-hydrogen) atoms. The Morgan fingerprint density at radius 3 is 0.859 bits per heavy atom. The van der Waals surface area contributed by atoms with Gasteiger partial charge in [0.05, 0.1) is 24.2 Å². The predicted molar refractivity (Wildman–Crippen MR) is 354 cm³/mol. The lowest BCUT2D eigenvalue weighted by Crippen LogP contribution is -2.67. The molecule has 12 atom stereocenters. The van der Waals surface area contributed by atoms with Crippen molar-refractivity contribution in [2.45, 2.75) is 180 Å². The van der Waals surface area contributed by atoms with Crippen LogP contribution in [0.3, 0.4) is 0 Å². The summed E-state index contributed by atoms with van der Waals surface area (Å²) in [5.74, 6) is -12.3. The van der Waals surface area contributed by atoms with Crippen LogP contribution in [-0.2, 0) is 83.2 Å². The van der Waals surface area contributed by atoms with E-state index in [0.717, 1.165) is 0 Å². The van der Waals surface area contributed by atoms with Crippen molar-refractivity contribution in [2.24, 2.45) is 35.1 Å². The minimum atomic E-state index is -2.16. The van der Waals surface area contributed by atoms with Crippen LogP contribution in [0.5, 0.6) is 0 Å². The zero-order valence-electron chi connectivity index (χ0n) is 53.6. The highest BCUT2D eigenvalue weighted by Crippen LogP contribution is 2.15. The molecule has 0 bridgehead atoms. The first-order valence-corrected chi connectivity index (χ1v) is 31.3. The van der Waals surface area contributed by atoms with E-state index in [4.69, 9.17) is 11.5 Å². The van der Waals surface area contributed by atoms with Gasteiger partial charge >= 0.3 is 0 Å². The number of hydrogen-bond donors (Lipinski definition) is 12. The fraction of sp³-hybridized carbons (Fsp3) is 0.471. The summed E-state index contributed by atoms with van der Waals surface area (Å²) in [5.41, 5.74) is 15.6. The third kappa shape index (κ3) is 24.1. The molecule has 0 aromatic heterocycles. The number of aldehydes is 2. The molecule has 5 rings (SSSR count). The highest BCUT2D eigenvalue weighted by atomic mass is 16.2. The maximum absolute atomic E-state index is 15.0. The molecule has 24 heteroatoms.